The summed E-state index contributed by atoms with van der Waals surface area (Å²) in [6.45, 7) is 2.00. The molecule has 0 aliphatic heterocycles. The minimum absolute atomic E-state index is 0.129. The summed E-state index contributed by atoms with van der Waals surface area (Å²) in [5, 5.41) is 6.11. The lowest BCUT2D eigenvalue weighted by Crippen LogP contribution is -2.18. The van der Waals surface area contributed by atoms with Crippen molar-refractivity contribution in [2.75, 3.05) is 0 Å². The Morgan fingerprint density at radius 1 is 0.867 bits per heavy atom. The Morgan fingerprint density at radius 2 is 1.57 bits per heavy atom. The van der Waals surface area contributed by atoms with Crippen molar-refractivity contribution < 1.29 is 4.52 Å². The van der Waals surface area contributed by atoms with Crippen molar-refractivity contribution >= 4 is 22.4 Å². The van der Waals surface area contributed by atoms with E-state index >= 15 is 0 Å². The van der Waals surface area contributed by atoms with Gasteiger partial charge in [0.1, 0.15) is 0 Å². The van der Waals surface area contributed by atoms with Crippen molar-refractivity contribution in [2.45, 2.75) is 6.92 Å². The summed E-state index contributed by atoms with van der Waals surface area (Å²) in [7, 11) is 0. The molecule has 5 rings (SSSR count). The number of aryl methyl sites for hydroxylation is 1. The zero-order valence-corrected chi connectivity index (χ0v) is 16.8. The molecule has 6 heteroatoms. The summed E-state index contributed by atoms with van der Waals surface area (Å²) in [4.78, 5) is 17.8. The van der Waals surface area contributed by atoms with Crippen LogP contribution in [0.2, 0.25) is 5.02 Å². The van der Waals surface area contributed by atoms with Gasteiger partial charge in [-0.2, -0.15) is 4.98 Å². The lowest BCUT2D eigenvalue weighted by Gasteiger charge is -2.10. The standard InChI is InChI=1S/C24H16ClN3O2/c1-15-6-2-3-7-18(15)22-26-23(30-27-22)21-14-28(17-12-10-16(25)11-13-17)24(29)20-9-5-4-8-19(20)21/h2-14H,1H3. The topological polar surface area (TPSA) is 60.9 Å². The SMILES string of the molecule is Cc1ccccc1-c1noc(-c2cn(-c3ccc(Cl)cc3)c(=O)c3ccccc23)n1. The summed E-state index contributed by atoms with van der Waals surface area (Å²) < 4.78 is 7.20. The minimum Gasteiger partial charge on any atom is -0.334 e. The van der Waals surface area contributed by atoms with E-state index in [4.69, 9.17) is 16.1 Å². The number of fused-ring (bicyclic) bond motifs is 1. The molecular formula is C24H16ClN3O2. The molecule has 0 amide bonds. The van der Waals surface area contributed by atoms with Crippen LogP contribution in [-0.4, -0.2) is 14.7 Å². The van der Waals surface area contributed by atoms with Crippen LogP contribution in [0, 0.1) is 6.92 Å². The molecule has 0 unspecified atom stereocenters. The zero-order valence-electron chi connectivity index (χ0n) is 16.0. The van der Waals surface area contributed by atoms with Gasteiger partial charge < -0.3 is 4.52 Å². The second kappa shape index (κ2) is 7.28. The van der Waals surface area contributed by atoms with Crippen LogP contribution in [-0.2, 0) is 0 Å². The lowest BCUT2D eigenvalue weighted by atomic mass is 10.1. The summed E-state index contributed by atoms with van der Waals surface area (Å²) in [5.41, 5.74) is 3.22. The molecule has 0 bridgehead atoms. The third-order valence-corrected chi connectivity index (χ3v) is 5.32. The second-order valence-electron chi connectivity index (χ2n) is 6.98. The average molecular weight is 414 g/mol. The van der Waals surface area contributed by atoms with E-state index in [1.165, 1.54) is 0 Å². The fraction of sp³-hybridized carbons (Fsp3) is 0.0417. The predicted molar refractivity (Wildman–Crippen MR) is 118 cm³/mol. The van der Waals surface area contributed by atoms with Gasteiger partial charge in [0.25, 0.3) is 11.4 Å². The molecule has 0 radical (unpaired) electrons. The number of benzene rings is 3. The summed E-state index contributed by atoms with van der Waals surface area (Å²) in [6.07, 6.45) is 1.74. The molecule has 0 fully saturated rings. The quantitative estimate of drug-likeness (QED) is 0.382. The highest BCUT2D eigenvalue weighted by Crippen LogP contribution is 2.29. The molecule has 5 nitrogen and oxygen atoms in total. The van der Waals surface area contributed by atoms with Crippen molar-refractivity contribution in [1.29, 1.82) is 0 Å². The Balaban J connectivity index is 1.74. The van der Waals surface area contributed by atoms with E-state index in [1.54, 1.807) is 41.1 Å². The van der Waals surface area contributed by atoms with E-state index in [0.29, 0.717) is 33.4 Å². The maximum Gasteiger partial charge on any atom is 0.262 e. The van der Waals surface area contributed by atoms with Crippen molar-refractivity contribution in [1.82, 2.24) is 14.7 Å². The Morgan fingerprint density at radius 3 is 2.33 bits per heavy atom. The molecule has 146 valence electrons. The Hall–Kier alpha value is -3.70. The molecule has 0 spiro atoms. The van der Waals surface area contributed by atoms with Crippen LogP contribution < -0.4 is 5.56 Å². The van der Waals surface area contributed by atoms with Crippen LogP contribution in [0.15, 0.2) is 88.3 Å². The fourth-order valence-electron chi connectivity index (χ4n) is 3.52. The molecule has 30 heavy (non-hydrogen) atoms. The highest BCUT2D eigenvalue weighted by Gasteiger charge is 2.17. The first-order chi connectivity index (χ1) is 14.6. The van der Waals surface area contributed by atoms with Crippen molar-refractivity contribution in [3.63, 3.8) is 0 Å². The van der Waals surface area contributed by atoms with E-state index < -0.39 is 0 Å². The summed E-state index contributed by atoms with van der Waals surface area (Å²) in [6, 6.07) is 22.4. The van der Waals surface area contributed by atoms with Gasteiger partial charge in [0.2, 0.25) is 5.82 Å². The molecule has 5 aromatic rings. The number of aromatic nitrogens is 3. The van der Waals surface area contributed by atoms with Crippen LogP contribution >= 0.6 is 11.6 Å². The van der Waals surface area contributed by atoms with Crippen LogP contribution in [0.5, 0.6) is 0 Å². The first-order valence-electron chi connectivity index (χ1n) is 9.42. The minimum atomic E-state index is -0.129. The molecule has 0 saturated heterocycles. The number of hydrogen-bond acceptors (Lipinski definition) is 4. The highest BCUT2D eigenvalue weighted by atomic mass is 35.5. The first kappa shape index (κ1) is 18.3. The van der Waals surface area contributed by atoms with E-state index in [-0.39, 0.29) is 5.56 Å². The fourth-order valence-corrected chi connectivity index (χ4v) is 3.65. The van der Waals surface area contributed by atoms with Crippen LogP contribution in [0.4, 0.5) is 0 Å². The smallest absolute Gasteiger partial charge is 0.262 e. The second-order valence-corrected chi connectivity index (χ2v) is 7.41. The third kappa shape index (κ3) is 3.09. The van der Waals surface area contributed by atoms with E-state index in [0.717, 1.165) is 16.5 Å². The van der Waals surface area contributed by atoms with Crippen LogP contribution in [0.3, 0.4) is 0 Å². The van der Waals surface area contributed by atoms with Gasteiger partial charge in [-0.3, -0.25) is 9.36 Å². The van der Waals surface area contributed by atoms with Gasteiger partial charge in [-0.15, -0.1) is 0 Å². The van der Waals surface area contributed by atoms with Gasteiger partial charge in [-0.25, -0.2) is 0 Å². The number of nitrogens with zero attached hydrogens (tertiary/aromatic N) is 3. The molecule has 0 atom stereocenters. The van der Waals surface area contributed by atoms with Crippen molar-refractivity contribution in [3.05, 3.63) is 99.9 Å². The van der Waals surface area contributed by atoms with Crippen LogP contribution in [0.25, 0.3) is 39.3 Å². The third-order valence-electron chi connectivity index (χ3n) is 5.07. The van der Waals surface area contributed by atoms with Crippen molar-refractivity contribution in [3.8, 4) is 28.5 Å². The zero-order chi connectivity index (χ0) is 20.7. The first-order valence-corrected chi connectivity index (χ1v) is 9.80. The number of halogens is 1. The summed E-state index contributed by atoms with van der Waals surface area (Å²) >= 11 is 6.01. The molecule has 0 N–H and O–H groups in total. The van der Waals surface area contributed by atoms with Gasteiger partial charge in [-0.05, 0) is 42.8 Å². The molecule has 2 heterocycles. The Bertz CT molecular complexity index is 1440. The molecule has 0 aliphatic rings. The average Bonchev–Trinajstić information content (AvgIpc) is 3.25. The monoisotopic (exact) mass is 413 g/mol. The number of pyridine rings is 1. The lowest BCUT2D eigenvalue weighted by molar-refractivity contribution is 0.432. The maximum atomic E-state index is 13.1. The van der Waals surface area contributed by atoms with E-state index in [2.05, 4.69) is 10.1 Å². The molecule has 3 aromatic carbocycles. The maximum absolute atomic E-state index is 13.1. The Labute approximate surface area is 177 Å². The molecule has 0 aliphatic carbocycles. The molecule has 2 aromatic heterocycles. The van der Waals surface area contributed by atoms with Gasteiger partial charge in [0.05, 0.1) is 5.56 Å². The predicted octanol–water partition coefficient (Wildman–Crippen LogP) is 5.67. The van der Waals surface area contributed by atoms with Crippen LogP contribution in [0.1, 0.15) is 5.56 Å². The molecule has 0 saturated carbocycles. The normalized spacial score (nSPS) is 11.1. The Kier molecular flexibility index (Phi) is 4.45. The largest absolute Gasteiger partial charge is 0.334 e. The van der Waals surface area contributed by atoms with Crippen molar-refractivity contribution in [2.24, 2.45) is 0 Å². The molecular weight excluding hydrogens is 398 g/mol. The van der Waals surface area contributed by atoms with Gasteiger partial charge in [-0.1, -0.05) is 59.2 Å². The van der Waals surface area contributed by atoms with Gasteiger partial charge in [0, 0.05) is 33.2 Å². The number of hydrogen-bond donors (Lipinski definition) is 0. The summed E-state index contributed by atoms with van der Waals surface area (Å²) in [5.74, 6) is 0.864. The van der Waals surface area contributed by atoms with Gasteiger partial charge >= 0.3 is 0 Å². The number of rotatable bonds is 3. The van der Waals surface area contributed by atoms with Gasteiger partial charge in [0.15, 0.2) is 0 Å². The van der Waals surface area contributed by atoms with E-state index in [9.17, 15) is 4.79 Å². The van der Waals surface area contributed by atoms with E-state index in [1.807, 2.05) is 49.4 Å². The highest BCUT2D eigenvalue weighted by molar-refractivity contribution is 6.30.